The predicted molar refractivity (Wildman–Crippen MR) is 82.3 cm³/mol. The second kappa shape index (κ2) is 8.22. The molecular formula is C15H29N3O3. The number of hydrogen-bond donors (Lipinski definition) is 1. The largest absolute Gasteiger partial charge is 0.481 e. The monoisotopic (exact) mass is 299 g/mol. The highest BCUT2D eigenvalue weighted by Crippen LogP contribution is 2.10. The molecule has 0 aliphatic carbocycles. The maximum atomic E-state index is 12.5. The van der Waals surface area contributed by atoms with Gasteiger partial charge in [-0.15, -0.1) is 0 Å². The summed E-state index contributed by atoms with van der Waals surface area (Å²) in [5, 5.41) is 8.98. The maximum absolute atomic E-state index is 12.5. The number of rotatable bonds is 6. The van der Waals surface area contributed by atoms with Gasteiger partial charge in [-0.2, -0.15) is 0 Å². The second-order valence-corrected chi connectivity index (χ2v) is 6.24. The van der Waals surface area contributed by atoms with Crippen molar-refractivity contribution in [2.75, 3.05) is 45.8 Å². The van der Waals surface area contributed by atoms with Crippen LogP contribution in [0, 0.1) is 11.8 Å². The quantitative estimate of drug-likeness (QED) is 0.806. The number of hydrogen-bond acceptors (Lipinski definition) is 3. The van der Waals surface area contributed by atoms with Crippen molar-refractivity contribution in [3.63, 3.8) is 0 Å². The van der Waals surface area contributed by atoms with Crippen LogP contribution in [0.2, 0.25) is 0 Å². The lowest BCUT2D eigenvalue weighted by Gasteiger charge is -2.38. The Bertz CT molecular complexity index is 352. The van der Waals surface area contributed by atoms with E-state index < -0.39 is 11.9 Å². The molecular weight excluding hydrogens is 270 g/mol. The van der Waals surface area contributed by atoms with Gasteiger partial charge in [-0.1, -0.05) is 20.8 Å². The molecule has 0 spiro atoms. The van der Waals surface area contributed by atoms with Crippen LogP contribution in [-0.4, -0.2) is 77.6 Å². The average molecular weight is 299 g/mol. The van der Waals surface area contributed by atoms with Crippen LogP contribution in [0.3, 0.4) is 0 Å². The van der Waals surface area contributed by atoms with E-state index in [0.29, 0.717) is 12.5 Å². The molecule has 1 atom stereocenters. The van der Waals surface area contributed by atoms with E-state index in [0.717, 1.165) is 32.7 Å². The Labute approximate surface area is 127 Å². The first-order valence-electron chi connectivity index (χ1n) is 7.84. The van der Waals surface area contributed by atoms with E-state index in [-0.39, 0.29) is 12.6 Å². The van der Waals surface area contributed by atoms with Gasteiger partial charge in [-0.25, -0.2) is 4.79 Å². The van der Waals surface area contributed by atoms with Crippen molar-refractivity contribution >= 4 is 12.0 Å². The molecule has 1 fully saturated rings. The van der Waals surface area contributed by atoms with Crippen molar-refractivity contribution in [2.24, 2.45) is 11.8 Å². The number of piperazine rings is 1. The number of aliphatic carboxylic acids is 1. The molecule has 1 heterocycles. The van der Waals surface area contributed by atoms with Crippen LogP contribution in [0.1, 0.15) is 27.7 Å². The molecule has 1 N–H and O–H groups in total. The summed E-state index contributed by atoms with van der Waals surface area (Å²) in [5.74, 6) is -0.755. The Morgan fingerprint density at radius 3 is 2.14 bits per heavy atom. The Balaban J connectivity index is 2.49. The molecule has 2 amide bonds. The highest BCUT2D eigenvalue weighted by atomic mass is 16.4. The van der Waals surface area contributed by atoms with Crippen LogP contribution in [0.4, 0.5) is 4.79 Å². The van der Waals surface area contributed by atoms with E-state index in [4.69, 9.17) is 5.11 Å². The first-order valence-corrected chi connectivity index (χ1v) is 7.84. The number of nitrogens with zero attached hydrogens (tertiary/aromatic N) is 3. The number of carbonyl (C=O) groups is 2. The van der Waals surface area contributed by atoms with E-state index >= 15 is 0 Å². The summed E-state index contributed by atoms with van der Waals surface area (Å²) < 4.78 is 0. The lowest BCUT2D eigenvalue weighted by atomic mass is 10.1. The van der Waals surface area contributed by atoms with Crippen molar-refractivity contribution < 1.29 is 14.7 Å². The van der Waals surface area contributed by atoms with Crippen LogP contribution >= 0.6 is 0 Å². The molecule has 0 bridgehead atoms. The first kappa shape index (κ1) is 17.8. The number of carbonyl (C=O) groups excluding carboxylic acids is 1. The summed E-state index contributed by atoms with van der Waals surface area (Å²) in [5.41, 5.74) is 0. The molecule has 0 aromatic carbocycles. The van der Waals surface area contributed by atoms with E-state index in [9.17, 15) is 9.59 Å². The molecule has 1 aliphatic rings. The highest BCUT2D eigenvalue weighted by molar-refractivity contribution is 5.76. The Kier molecular flexibility index (Phi) is 6.95. The summed E-state index contributed by atoms with van der Waals surface area (Å²) in [7, 11) is 0. The highest BCUT2D eigenvalue weighted by Gasteiger charge is 2.26. The third-order valence-electron chi connectivity index (χ3n) is 3.83. The molecule has 1 saturated heterocycles. The van der Waals surface area contributed by atoms with Gasteiger partial charge in [-0.3, -0.25) is 9.69 Å². The SMILES string of the molecule is CCN(CC(C)C(=O)O)C(=O)N1CCN(CC(C)C)CC1. The topological polar surface area (TPSA) is 64.1 Å². The van der Waals surface area contributed by atoms with E-state index in [2.05, 4.69) is 18.7 Å². The number of carboxylic acid groups (broad SMARTS) is 1. The molecule has 6 heteroatoms. The zero-order chi connectivity index (χ0) is 16.0. The molecule has 0 saturated carbocycles. The van der Waals surface area contributed by atoms with Crippen molar-refractivity contribution in [3.8, 4) is 0 Å². The van der Waals surface area contributed by atoms with E-state index in [1.54, 1.807) is 11.8 Å². The van der Waals surface area contributed by atoms with Crippen molar-refractivity contribution in [3.05, 3.63) is 0 Å². The Hall–Kier alpha value is -1.30. The van der Waals surface area contributed by atoms with Crippen LogP contribution in [0.25, 0.3) is 0 Å². The second-order valence-electron chi connectivity index (χ2n) is 6.24. The van der Waals surface area contributed by atoms with Crippen LogP contribution in [0.15, 0.2) is 0 Å². The number of amides is 2. The van der Waals surface area contributed by atoms with Gasteiger partial charge in [0.05, 0.1) is 5.92 Å². The minimum atomic E-state index is -0.858. The average Bonchev–Trinajstić information content (AvgIpc) is 2.43. The Morgan fingerprint density at radius 2 is 1.71 bits per heavy atom. The fourth-order valence-electron chi connectivity index (χ4n) is 2.59. The van der Waals surface area contributed by atoms with E-state index in [1.807, 2.05) is 11.8 Å². The molecule has 1 rings (SSSR count). The van der Waals surface area contributed by atoms with Gasteiger partial charge in [-0.05, 0) is 12.8 Å². The Morgan fingerprint density at radius 1 is 1.14 bits per heavy atom. The summed E-state index contributed by atoms with van der Waals surface area (Å²) in [4.78, 5) is 29.3. The van der Waals surface area contributed by atoms with E-state index in [1.165, 1.54) is 0 Å². The molecule has 122 valence electrons. The van der Waals surface area contributed by atoms with Crippen molar-refractivity contribution in [1.29, 1.82) is 0 Å². The van der Waals surface area contributed by atoms with Crippen LogP contribution in [0.5, 0.6) is 0 Å². The third kappa shape index (κ3) is 5.53. The normalized spacial score (nSPS) is 17.9. The lowest BCUT2D eigenvalue weighted by molar-refractivity contribution is -0.141. The van der Waals surface area contributed by atoms with Gasteiger partial charge < -0.3 is 14.9 Å². The van der Waals surface area contributed by atoms with Crippen LogP contribution < -0.4 is 0 Å². The maximum Gasteiger partial charge on any atom is 0.320 e. The molecule has 0 aromatic rings. The fraction of sp³-hybridized carbons (Fsp3) is 0.867. The smallest absolute Gasteiger partial charge is 0.320 e. The van der Waals surface area contributed by atoms with Gasteiger partial charge in [0.2, 0.25) is 0 Å². The summed E-state index contributed by atoms with van der Waals surface area (Å²) in [6.07, 6.45) is 0. The summed E-state index contributed by atoms with van der Waals surface area (Å²) >= 11 is 0. The van der Waals surface area contributed by atoms with Gasteiger partial charge in [0.15, 0.2) is 0 Å². The van der Waals surface area contributed by atoms with Gasteiger partial charge in [0.25, 0.3) is 0 Å². The molecule has 0 radical (unpaired) electrons. The molecule has 0 aromatic heterocycles. The van der Waals surface area contributed by atoms with Crippen molar-refractivity contribution in [1.82, 2.24) is 14.7 Å². The standard InChI is InChI=1S/C15H29N3O3/c1-5-17(11-13(4)14(19)20)15(21)18-8-6-16(7-9-18)10-12(2)3/h12-13H,5-11H2,1-4H3,(H,19,20). The fourth-order valence-corrected chi connectivity index (χ4v) is 2.59. The van der Waals surface area contributed by atoms with Gasteiger partial charge in [0.1, 0.15) is 0 Å². The summed E-state index contributed by atoms with van der Waals surface area (Å²) in [6.45, 7) is 13.1. The zero-order valence-electron chi connectivity index (χ0n) is 13.7. The molecule has 21 heavy (non-hydrogen) atoms. The minimum absolute atomic E-state index is 0.0326. The predicted octanol–water partition coefficient (Wildman–Crippen LogP) is 1.42. The van der Waals surface area contributed by atoms with Gasteiger partial charge in [0, 0.05) is 45.8 Å². The number of urea groups is 1. The van der Waals surface area contributed by atoms with Crippen LogP contribution in [-0.2, 0) is 4.79 Å². The zero-order valence-corrected chi connectivity index (χ0v) is 13.7. The minimum Gasteiger partial charge on any atom is -0.481 e. The first-order chi connectivity index (χ1) is 9.85. The summed E-state index contributed by atoms with van der Waals surface area (Å²) in [6, 6.07) is -0.0326. The molecule has 1 unspecified atom stereocenters. The molecule has 6 nitrogen and oxygen atoms in total. The number of carboxylic acids is 1. The van der Waals surface area contributed by atoms with Crippen molar-refractivity contribution in [2.45, 2.75) is 27.7 Å². The third-order valence-corrected chi connectivity index (χ3v) is 3.83. The molecule has 1 aliphatic heterocycles. The van der Waals surface area contributed by atoms with Gasteiger partial charge >= 0.3 is 12.0 Å². The lowest BCUT2D eigenvalue weighted by Crippen LogP contribution is -2.54.